The van der Waals surface area contributed by atoms with Crippen LogP contribution < -0.4 is 0 Å². The maximum Gasteiger partial charge on any atom is 0.0495 e. The molecule has 136 valence electrons. The molecule has 0 saturated heterocycles. The Morgan fingerprint density at radius 1 is 1.04 bits per heavy atom. The van der Waals surface area contributed by atoms with Crippen molar-refractivity contribution in [1.29, 1.82) is 0 Å². The van der Waals surface area contributed by atoms with Crippen LogP contribution in [0.25, 0.3) is 22.9 Å². The Morgan fingerprint density at radius 3 is 2.15 bits per heavy atom. The first-order valence-electron chi connectivity index (χ1n) is 9.53. The molecule has 0 fully saturated rings. The van der Waals surface area contributed by atoms with E-state index in [2.05, 4.69) is 71.7 Å². The molecular formula is C25H31N. The van der Waals surface area contributed by atoms with Gasteiger partial charge in [-0.1, -0.05) is 82.0 Å². The number of benzene rings is 2. The second kappa shape index (κ2) is 8.80. The molecule has 2 aromatic carbocycles. The van der Waals surface area contributed by atoms with Crippen molar-refractivity contribution < 1.29 is 0 Å². The molecule has 0 radical (unpaired) electrons. The smallest absolute Gasteiger partial charge is 0.0495 e. The lowest BCUT2D eigenvalue weighted by atomic mass is 9.84. The van der Waals surface area contributed by atoms with Gasteiger partial charge in [-0.3, -0.25) is 4.99 Å². The lowest BCUT2D eigenvalue weighted by Crippen LogP contribution is -2.15. The summed E-state index contributed by atoms with van der Waals surface area (Å²) in [6.45, 7) is 21.6. The van der Waals surface area contributed by atoms with Crippen LogP contribution in [0.4, 0.5) is 0 Å². The van der Waals surface area contributed by atoms with Crippen LogP contribution in [0.1, 0.15) is 56.4 Å². The summed E-state index contributed by atoms with van der Waals surface area (Å²) in [4.78, 5) is 4.88. The quantitative estimate of drug-likeness (QED) is 0.357. The lowest BCUT2D eigenvalue weighted by molar-refractivity contribution is 0.904. The molecule has 0 saturated carbocycles. The molecule has 0 bridgehead atoms. The third-order valence-corrected chi connectivity index (χ3v) is 5.02. The lowest BCUT2D eigenvalue weighted by Gasteiger charge is -2.21. The second-order valence-corrected chi connectivity index (χ2v) is 6.85. The fourth-order valence-corrected chi connectivity index (χ4v) is 3.51. The van der Waals surface area contributed by atoms with Crippen molar-refractivity contribution in [3.8, 4) is 0 Å². The number of allylic oxidation sites excluding steroid dienone is 1. The maximum absolute atomic E-state index is 4.88. The van der Waals surface area contributed by atoms with Crippen molar-refractivity contribution in [1.82, 2.24) is 0 Å². The van der Waals surface area contributed by atoms with E-state index in [0.717, 1.165) is 41.8 Å². The van der Waals surface area contributed by atoms with E-state index in [1.165, 1.54) is 21.9 Å². The molecule has 2 aromatic rings. The van der Waals surface area contributed by atoms with E-state index in [0.29, 0.717) is 0 Å². The van der Waals surface area contributed by atoms with Gasteiger partial charge in [-0.25, -0.2) is 0 Å². The summed E-state index contributed by atoms with van der Waals surface area (Å²) in [5.74, 6) is 0.217. The van der Waals surface area contributed by atoms with Gasteiger partial charge in [0.1, 0.15) is 0 Å². The van der Waals surface area contributed by atoms with Crippen LogP contribution in [0.5, 0.6) is 0 Å². The number of hydrogen-bond donors (Lipinski definition) is 0. The summed E-state index contributed by atoms with van der Waals surface area (Å²) in [7, 11) is 0. The number of aliphatic imine (C=N–C) groups is 1. The average Bonchev–Trinajstić information content (AvgIpc) is 2.65. The monoisotopic (exact) mass is 345 g/mol. The molecule has 0 amide bonds. The predicted octanol–water partition coefficient (Wildman–Crippen LogP) is 7.10. The van der Waals surface area contributed by atoms with Gasteiger partial charge in [-0.05, 0) is 47.7 Å². The first-order chi connectivity index (χ1) is 12.5. The van der Waals surface area contributed by atoms with Crippen molar-refractivity contribution in [2.24, 2.45) is 10.9 Å². The van der Waals surface area contributed by atoms with Crippen molar-refractivity contribution in [2.45, 2.75) is 40.5 Å². The summed E-state index contributed by atoms with van der Waals surface area (Å²) < 4.78 is 0. The Bertz CT molecular complexity index is 853. The molecule has 1 atom stereocenters. The van der Waals surface area contributed by atoms with Gasteiger partial charge in [-0.2, -0.15) is 0 Å². The summed E-state index contributed by atoms with van der Waals surface area (Å²) in [6, 6.07) is 8.78. The maximum atomic E-state index is 4.88. The third-order valence-electron chi connectivity index (χ3n) is 5.02. The normalized spacial score (nSPS) is 12.8. The van der Waals surface area contributed by atoms with Gasteiger partial charge in [0.05, 0.1) is 0 Å². The third kappa shape index (κ3) is 3.72. The topological polar surface area (TPSA) is 12.4 Å². The van der Waals surface area contributed by atoms with E-state index >= 15 is 0 Å². The van der Waals surface area contributed by atoms with E-state index in [1.54, 1.807) is 0 Å². The van der Waals surface area contributed by atoms with Gasteiger partial charge in [0.25, 0.3) is 0 Å². The van der Waals surface area contributed by atoms with Crippen molar-refractivity contribution >= 4 is 28.6 Å². The van der Waals surface area contributed by atoms with Crippen LogP contribution in [-0.2, 0) is 6.42 Å². The van der Waals surface area contributed by atoms with Crippen molar-refractivity contribution in [2.75, 3.05) is 6.54 Å². The zero-order valence-electron chi connectivity index (χ0n) is 16.7. The Kier molecular flexibility index (Phi) is 6.74. The van der Waals surface area contributed by atoms with Gasteiger partial charge >= 0.3 is 0 Å². The summed E-state index contributed by atoms with van der Waals surface area (Å²) >= 11 is 0. The summed E-state index contributed by atoms with van der Waals surface area (Å²) in [5, 5.41) is 2.53. The molecule has 0 aliphatic rings. The Balaban J connectivity index is 2.98. The van der Waals surface area contributed by atoms with Crippen LogP contribution in [0.3, 0.4) is 0 Å². The molecule has 0 aliphatic heterocycles. The Morgan fingerprint density at radius 2 is 1.65 bits per heavy atom. The van der Waals surface area contributed by atoms with E-state index in [-0.39, 0.29) is 5.92 Å². The molecule has 1 unspecified atom stereocenters. The molecule has 0 heterocycles. The molecule has 26 heavy (non-hydrogen) atoms. The van der Waals surface area contributed by atoms with Crippen LogP contribution in [0.15, 0.2) is 54.6 Å². The number of aryl methyl sites for hydroxylation is 1. The van der Waals surface area contributed by atoms with Gasteiger partial charge in [0.2, 0.25) is 0 Å². The number of rotatable bonds is 8. The number of hydrogen-bond acceptors (Lipinski definition) is 1. The number of fused-ring (bicyclic) bond motifs is 1. The van der Waals surface area contributed by atoms with Crippen LogP contribution in [0, 0.1) is 5.92 Å². The number of nitrogens with zero attached hydrogens (tertiary/aromatic N) is 1. The Hall–Kier alpha value is -2.41. The van der Waals surface area contributed by atoms with E-state index < -0.39 is 0 Å². The largest absolute Gasteiger partial charge is 0.289 e. The van der Waals surface area contributed by atoms with Crippen LogP contribution in [-0.4, -0.2) is 12.3 Å². The van der Waals surface area contributed by atoms with Crippen LogP contribution in [0.2, 0.25) is 0 Å². The predicted molar refractivity (Wildman–Crippen MR) is 119 cm³/mol. The highest BCUT2D eigenvalue weighted by atomic mass is 14.7. The van der Waals surface area contributed by atoms with E-state index in [4.69, 9.17) is 4.99 Å². The average molecular weight is 346 g/mol. The highest BCUT2D eigenvalue weighted by Crippen LogP contribution is 2.34. The molecule has 0 N–H and O–H groups in total. The molecule has 0 aromatic heterocycles. The minimum atomic E-state index is 0.217. The minimum Gasteiger partial charge on any atom is -0.289 e. The van der Waals surface area contributed by atoms with Gasteiger partial charge < -0.3 is 0 Å². The molecule has 0 spiro atoms. The highest BCUT2D eigenvalue weighted by molar-refractivity contribution is 6.16. The van der Waals surface area contributed by atoms with Gasteiger partial charge in [-0.15, -0.1) is 0 Å². The zero-order chi connectivity index (χ0) is 19.3. The molecular weight excluding hydrogens is 314 g/mol. The van der Waals surface area contributed by atoms with Gasteiger partial charge in [0, 0.05) is 23.7 Å². The second-order valence-electron chi connectivity index (χ2n) is 6.85. The summed E-state index contributed by atoms with van der Waals surface area (Å²) in [5.41, 5.74) is 7.14. The SMILES string of the molecule is C=Cc1ccc(CCC)c2c(/C(=N/CC)C(C)C(=C)C)ccc(C=C)c12. The first-order valence-corrected chi connectivity index (χ1v) is 9.53. The van der Waals surface area contributed by atoms with E-state index in [9.17, 15) is 0 Å². The molecule has 1 heteroatoms. The van der Waals surface area contributed by atoms with E-state index in [1.807, 2.05) is 12.2 Å². The minimum absolute atomic E-state index is 0.217. The molecule has 1 nitrogen and oxygen atoms in total. The van der Waals surface area contributed by atoms with Crippen molar-refractivity contribution in [3.63, 3.8) is 0 Å². The molecule has 2 rings (SSSR count). The van der Waals surface area contributed by atoms with Gasteiger partial charge in [0.15, 0.2) is 0 Å². The fourth-order valence-electron chi connectivity index (χ4n) is 3.51. The van der Waals surface area contributed by atoms with Crippen LogP contribution >= 0.6 is 0 Å². The summed E-state index contributed by atoms with van der Waals surface area (Å²) in [6.07, 6.45) is 6.03. The Labute approximate surface area is 158 Å². The molecule has 0 aliphatic carbocycles. The highest BCUT2D eigenvalue weighted by Gasteiger charge is 2.19. The van der Waals surface area contributed by atoms with Crippen molar-refractivity contribution in [3.05, 3.63) is 71.8 Å². The first kappa shape index (κ1) is 19.9. The zero-order valence-corrected chi connectivity index (χ0v) is 16.7. The standard InChI is InChI=1S/C25H31N/c1-8-12-21-14-13-19(9-2)23-20(10-3)15-16-22(24(21)23)25(26-11-4)18(7)17(5)6/h9-10,13-16,18H,2-3,5,8,11-12H2,1,4,6-7H3/b26-25+. The fraction of sp³-hybridized carbons (Fsp3) is 0.320.